The van der Waals surface area contributed by atoms with Gasteiger partial charge < -0.3 is 5.73 Å². The molecule has 4 nitrogen and oxygen atoms in total. The fourth-order valence-corrected chi connectivity index (χ4v) is 2.04. The first-order valence-corrected chi connectivity index (χ1v) is 6.52. The maximum atomic E-state index is 6.22. The summed E-state index contributed by atoms with van der Waals surface area (Å²) in [5, 5.41) is 8.11. The molecule has 0 aromatic carbocycles. The molecule has 0 amide bonds. The maximum Gasteiger partial charge on any atom is 0.0648 e. The lowest BCUT2D eigenvalue weighted by Gasteiger charge is -2.13. The standard InChI is InChI=1S/C13H15BrN4/c1-8-5-12(9(2)18-17-8)13(15)6-11-4-3-10(14)7-16-11/h3-5,7,13H,6,15H2,1-2H3. The molecule has 0 aliphatic carbocycles. The summed E-state index contributed by atoms with van der Waals surface area (Å²) in [6.45, 7) is 3.84. The second-order valence-corrected chi connectivity index (χ2v) is 5.22. The molecule has 5 heteroatoms. The number of pyridine rings is 1. The van der Waals surface area contributed by atoms with E-state index in [1.807, 2.05) is 32.0 Å². The number of hydrogen-bond acceptors (Lipinski definition) is 4. The Hall–Kier alpha value is -1.33. The minimum atomic E-state index is -0.104. The van der Waals surface area contributed by atoms with E-state index in [2.05, 4.69) is 31.1 Å². The van der Waals surface area contributed by atoms with Crippen molar-refractivity contribution in [3.8, 4) is 0 Å². The van der Waals surface area contributed by atoms with Crippen LogP contribution in [0.25, 0.3) is 0 Å². The van der Waals surface area contributed by atoms with Gasteiger partial charge in [-0.3, -0.25) is 4.98 Å². The third-order valence-electron chi connectivity index (χ3n) is 2.76. The molecule has 2 aromatic heterocycles. The van der Waals surface area contributed by atoms with E-state index in [1.165, 1.54) is 0 Å². The minimum Gasteiger partial charge on any atom is -0.324 e. The van der Waals surface area contributed by atoms with Crippen molar-refractivity contribution in [1.82, 2.24) is 15.2 Å². The zero-order valence-corrected chi connectivity index (χ0v) is 12.0. The average molecular weight is 307 g/mol. The average Bonchev–Trinajstić information content (AvgIpc) is 2.35. The lowest BCUT2D eigenvalue weighted by molar-refractivity contribution is 0.687. The topological polar surface area (TPSA) is 64.7 Å². The van der Waals surface area contributed by atoms with Crippen LogP contribution in [0.15, 0.2) is 28.9 Å². The number of aryl methyl sites for hydroxylation is 2. The van der Waals surface area contributed by atoms with Gasteiger partial charge in [0.25, 0.3) is 0 Å². The highest BCUT2D eigenvalue weighted by molar-refractivity contribution is 9.10. The zero-order chi connectivity index (χ0) is 13.1. The lowest BCUT2D eigenvalue weighted by Crippen LogP contribution is -2.16. The molecule has 2 N–H and O–H groups in total. The molecule has 0 aliphatic heterocycles. The van der Waals surface area contributed by atoms with Crippen molar-refractivity contribution in [2.45, 2.75) is 26.3 Å². The van der Waals surface area contributed by atoms with Crippen LogP contribution >= 0.6 is 15.9 Å². The van der Waals surface area contributed by atoms with Crippen LogP contribution in [0.3, 0.4) is 0 Å². The minimum absolute atomic E-state index is 0.104. The van der Waals surface area contributed by atoms with Crippen LogP contribution in [-0.4, -0.2) is 15.2 Å². The van der Waals surface area contributed by atoms with E-state index in [0.29, 0.717) is 6.42 Å². The van der Waals surface area contributed by atoms with E-state index in [4.69, 9.17) is 5.73 Å². The van der Waals surface area contributed by atoms with Crippen molar-refractivity contribution in [3.63, 3.8) is 0 Å². The van der Waals surface area contributed by atoms with Crippen molar-refractivity contribution < 1.29 is 0 Å². The Labute approximate surface area is 115 Å². The number of aromatic nitrogens is 3. The van der Waals surface area contributed by atoms with Crippen LogP contribution in [0.1, 0.15) is 28.7 Å². The van der Waals surface area contributed by atoms with Crippen molar-refractivity contribution in [2.24, 2.45) is 5.73 Å². The van der Waals surface area contributed by atoms with Gasteiger partial charge in [0.05, 0.1) is 11.4 Å². The number of nitrogens with zero attached hydrogens (tertiary/aromatic N) is 3. The Morgan fingerprint density at radius 2 is 2.06 bits per heavy atom. The van der Waals surface area contributed by atoms with Crippen LogP contribution in [-0.2, 0) is 6.42 Å². The fourth-order valence-electron chi connectivity index (χ4n) is 1.81. The number of nitrogens with two attached hydrogens (primary N) is 1. The summed E-state index contributed by atoms with van der Waals surface area (Å²) in [5.41, 5.74) is 9.99. The van der Waals surface area contributed by atoms with E-state index in [-0.39, 0.29) is 6.04 Å². The molecule has 0 aliphatic rings. The van der Waals surface area contributed by atoms with Gasteiger partial charge in [0.15, 0.2) is 0 Å². The first kappa shape index (κ1) is 13.1. The second-order valence-electron chi connectivity index (χ2n) is 4.30. The summed E-state index contributed by atoms with van der Waals surface area (Å²) < 4.78 is 0.970. The largest absolute Gasteiger partial charge is 0.324 e. The van der Waals surface area contributed by atoms with Gasteiger partial charge in [0.2, 0.25) is 0 Å². The highest BCUT2D eigenvalue weighted by Gasteiger charge is 2.12. The second kappa shape index (κ2) is 5.54. The predicted octanol–water partition coefficient (Wildman–Crippen LogP) is 2.49. The third kappa shape index (κ3) is 3.11. The normalized spacial score (nSPS) is 12.4. The Morgan fingerprint density at radius 1 is 1.28 bits per heavy atom. The van der Waals surface area contributed by atoms with Gasteiger partial charge in [-0.25, -0.2) is 0 Å². The Morgan fingerprint density at radius 3 is 2.72 bits per heavy atom. The van der Waals surface area contributed by atoms with Gasteiger partial charge in [-0.05, 0) is 53.5 Å². The van der Waals surface area contributed by atoms with Crippen LogP contribution in [0.2, 0.25) is 0 Å². The van der Waals surface area contributed by atoms with E-state index in [9.17, 15) is 0 Å². The summed E-state index contributed by atoms with van der Waals surface area (Å²) in [6.07, 6.45) is 2.48. The zero-order valence-electron chi connectivity index (χ0n) is 10.4. The first-order valence-electron chi connectivity index (χ1n) is 5.73. The molecule has 1 unspecified atom stereocenters. The Kier molecular flexibility index (Phi) is 4.04. The highest BCUT2D eigenvalue weighted by atomic mass is 79.9. The number of hydrogen-bond donors (Lipinski definition) is 1. The molecule has 0 bridgehead atoms. The lowest BCUT2D eigenvalue weighted by atomic mass is 10.0. The van der Waals surface area contributed by atoms with Gasteiger partial charge in [-0.1, -0.05) is 0 Å². The third-order valence-corrected chi connectivity index (χ3v) is 3.23. The molecule has 1 atom stereocenters. The first-order chi connectivity index (χ1) is 8.56. The SMILES string of the molecule is Cc1cc(C(N)Cc2ccc(Br)cn2)c(C)nn1. The molecule has 2 rings (SSSR count). The molecule has 2 heterocycles. The fraction of sp³-hybridized carbons (Fsp3) is 0.308. The van der Waals surface area contributed by atoms with Gasteiger partial charge >= 0.3 is 0 Å². The van der Waals surface area contributed by atoms with Gasteiger partial charge in [0.1, 0.15) is 0 Å². The van der Waals surface area contributed by atoms with Crippen molar-refractivity contribution in [2.75, 3.05) is 0 Å². The Bertz CT molecular complexity index is 539. The number of rotatable bonds is 3. The predicted molar refractivity (Wildman–Crippen MR) is 74.1 cm³/mol. The summed E-state index contributed by atoms with van der Waals surface area (Å²) in [7, 11) is 0. The molecular weight excluding hydrogens is 292 g/mol. The smallest absolute Gasteiger partial charge is 0.0648 e. The van der Waals surface area contributed by atoms with Crippen LogP contribution in [0.4, 0.5) is 0 Å². The van der Waals surface area contributed by atoms with E-state index >= 15 is 0 Å². The summed E-state index contributed by atoms with van der Waals surface area (Å²) in [5.74, 6) is 0. The molecule has 0 saturated heterocycles. The molecular formula is C13H15BrN4. The molecule has 2 aromatic rings. The molecule has 18 heavy (non-hydrogen) atoms. The van der Waals surface area contributed by atoms with E-state index in [1.54, 1.807) is 6.20 Å². The van der Waals surface area contributed by atoms with Crippen molar-refractivity contribution >= 4 is 15.9 Å². The van der Waals surface area contributed by atoms with Gasteiger partial charge in [0, 0.05) is 28.8 Å². The molecule has 0 saturated carbocycles. The number of halogens is 1. The van der Waals surface area contributed by atoms with Crippen LogP contribution < -0.4 is 5.73 Å². The summed E-state index contributed by atoms with van der Waals surface area (Å²) >= 11 is 3.37. The van der Waals surface area contributed by atoms with Crippen molar-refractivity contribution in [3.05, 3.63) is 51.5 Å². The summed E-state index contributed by atoms with van der Waals surface area (Å²) in [4.78, 5) is 4.33. The molecule has 0 fully saturated rings. The molecule has 0 spiro atoms. The highest BCUT2D eigenvalue weighted by Crippen LogP contribution is 2.18. The molecule has 94 valence electrons. The molecule has 0 radical (unpaired) electrons. The van der Waals surface area contributed by atoms with Crippen LogP contribution in [0.5, 0.6) is 0 Å². The van der Waals surface area contributed by atoms with Crippen LogP contribution in [0, 0.1) is 13.8 Å². The summed E-state index contributed by atoms with van der Waals surface area (Å²) in [6, 6.07) is 5.83. The maximum absolute atomic E-state index is 6.22. The van der Waals surface area contributed by atoms with Crippen molar-refractivity contribution in [1.29, 1.82) is 0 Å². The quantitative estimate of drug-likeness (QED) is 0.946. The monoisotopic (exact) mass is 306 g/mol. The van der Waals surface area contributed by atoms with Gasteiger partial charge in [-0.15, -0.1) is 0 Å². The van der Waals surface area contributed by atoms with Gasteiger partial charge in [-0.2, -0.15) is 10.2 Å². The van der Waals surface area contributed by atoms with E-state index in [0.717, 1.165) is 27.1 Å². The Balaban J connectivity index is 2.18. The van der Waals surface area contributed by atoms with E-state index < -0.39 is 0 Å².